The largest absolute Gasteiger partial charge is 0.423 e. The Labute approximate surface area is 141 Å². The molecular weight excluding hydrogens is 304 g/mol. The molecule has 1 saturated heterocycles. The maximum Gasteiger partial charge on any atom is 0.336 e. The quantitative estimate of drug-likeness (QED) is 0.857. The minimum atomic E-state index is -0.313. The molecule has 1 aliphatic heterocycles. The van der Waals surface area contributed by atoms with Gasteiger partial charge in [-0.2, -0.15) is 0 Å². The number of benzene rings is 1. The highest BCUT2D eigenvalue weighted by Crippen LogP contribution is 2.20. The van der Waals surface area contributed by atoms with Crippen LogP contribution in [0.3, 0.4) is 0 Å². The lowest BCUT2D eigenvalue weighted by molar-refractivity contribution is -0.119. The molecule has 0 unspecified atom stereocenters. The Balaban J connectivity index is 1.80. The molecule has 0 bridgehead atoms. The summed E-state index contributed by atoms with van der Waals surface area (Å²) in [6, 6.07) is 8.15. The molecule has 1 atom stereocenters. The average Bonchev–Trinajstić information content (AvgIpc) is 2.91. The van der Waals surface area contributed by atoms with Gasteiger partial charge < -0.3 is 9.73 Å². The van der Waals surface area contributed by atoms with Gasteiger partial charge in [0.2, 0.25) is 5.91 Å². The first-order chi connectivity index (χ1) is 11.4. The summed E-state index contributed by atoms with van der Waals surface area (Å²) in [6.07, 6.45) is 1.52. The lowest BCUT2D eigenvalue weighted by atomic mass is 10.1. The highest BCUT2D eigenvalue weighted by atomic mass is 16.4. The van der Waals surface area contributed by atoms with E-state index in [1.165, 1.54) is 6.07 Å². The van der Waals surface area contributed by atoms with Gasteiger partial charge in [0.25, 0.3) is 0 Å². The standard InChI is InChI=1S/C19H24N2O3/c1-12(2)21(11-15-5-7-18(22)20-15)10-14-4-6-16-13(3)8-19(23)24-17(16)9-14/h4,6,8-9,12,15H,5,7,10-11H2,1-3H3,(H,20,22)/t15-/m1/s1. The number of nitrogens with zero attached hydrogens (tertiary/aromatic N) is 1. The van der Waals surface area contributed by atoms with Crippen molar-refractivity contribution in [2.75, 3.05) is 6.54 Å². The Morgan fingerprint density at radius 1 is 1.29 bits per heavy atom. The summed E-state index contributed by atoms with van der Waals surface area (Å²) >= 11 is 0. The van der Waals surface area contributed by atoms with E-state index in [1.54, 1.807) is 0 Å². The molecule has 3 rings (SSSR count). The second-order valence-corrected chi connectivity index (χ2v) is 6.91. The third-order valence-electron chi connectivity index (χ3n) is 4.67. The molecule has 0 radical (unpaired) electrons. The van der Waals surface area contributed by atoms with Crippen LogP contribution in [0.1, 0.15) is 37.8 Å². The first-order valence-electron chi connectivity index (χ1n) is 8.49. The van der Waals surface area contributed by atoms with E-state index in [-0.39, 0.29) is 17.6 Å². The average molecular weight is 328 g/mol. The summed E-state index contributed by atoms with van der Waals surface area (Å²) in [7, 11) is 0. The molecule has 2 aromatic rings. The first-order valence-corrected chi connectivity index (χ1v) is 8.49. The van der Waals surface area contributed by atoms with Crippen LogP contribution < -0.4 is 10.9 Å². The van der Waals surface area contributed by atoms with E-state index in [0.717, 1.165) is 36.0 Å². The molecular formula is C19H24N2O3. The Hall–Kier alpha value is -2.14. The number of rotatable bonds is 5. The Kier molecular flexibility index (Phi) is 4.71. The van der Waals surface area contributed by atoms with E-state index >= 15 is 0 Å². The predicted octanol–water partition coefficient (Wildman–Crippen LogP) is 2.59. The molecule has 2 heterocycles. The fourth-order valence-corrected chi connectivity index (χ4v) is 3.26. The molecule has 1 N–H and O–H groups in total. The van der Waals surface area contributed by atoms with Crippen molar-refractivity contribution in [2.45, 2.75) is 52.2 Å². The highest BCUT2D eigenvalue weighted by Gasteiger charge is 2.24. The molecule has 128 valence electrons. The number of hydrogen-bond donors (Lipinski definition) is 1. The van der Waals surface area contributed by atoms with Crippen LogP contribution in [0.25, 0.3) is 11.0 Å². The maximum absolute atomic E-state index is 11.6. The summed E-state index contributed by atoms with van der Waals surface area (Å²) in [6.45, 7) is 7.82. The SMILES string of the molecule is Cc1cc(=O)oc2cc(CN(C[C@H]3CCC(=O)N3)C(C)C)ccc12. The van der Waals surface area contributed by atoms with Crippen molar-refractivity contribution in [2.24, 2.45) is 0 Å². The third-order valence-corrected chi connectivity index (χ3v) is 4.67. The lowest BCUT2D eigenvalue weighted by Crippen LogP contribution is -2.41. The van der Waals surface area contributed by atoms with Crippen LogP contribution in [0, 0.1) is 6.92 Å². The first kappa shape index (κ1) is 16.7. The molecule has 5 nitrogen and oxygen atoms in total. The van der Waals surface area contributed by atoms with Crippen LogP contribution in [-0.4, -0.2) is 29.4 Å². The van der Waals surface area contributed by atoms with Gasteiger partial charge in [0.1, 0.15) is 5.58 Å². The van der Waals surface area contributed by atoms with Crippen molar-refractivity contribution in [3.05, 3.63) is 45.8 Å². The third kappa shape index (κ3) is 3.67. The van der Waals surface area contributed by atoms with E-state index < -0.39 is 0 Å². The molecule has 0 saturated carbocycles. The van der Waals surface area contributed by atoms with Crippen molar-refractivity contribution in [1.82, 2.24) is 10.2 Å². The topological polar surface area (TPSA) is 62.6 Å². The normalized spacial score (nSPS) is 17.9. The Morgan fingerprint density at radius 2 is 2.08 bits per heavy atom. The van der Waals surface area contributed by atoms with E-state index in [0.29, 0.717) is 18.0 Å². The number of amides is 1. The van der Waals surface area contributed by atoms with Crippen molar-refractivity contribution >= 4 is 16.9 Å². The second-order valence-electron chi connectivity index (χ2n) is 6.91. The van der Waals surface area contributed by atoms with E-state index in [4.69, 9.17) is 4.42 Å². The lowest BCUT2D eigenvalue weighted by Gasteiger charge is -2.29. The van der Waals surface area contributed by atoms with Crippen LogP contribution in [0.5, 0.6) is 0 Å². The van der Waals surface area contributed by atoms with Crippen molar-refractivity contribution in [3.63, 3.8) is 0 Å². The van der Waals surface area contributed by atoms with Crippen molar-refractivity contribution < 1.29 is 9.21 Å². The molecule has 5 heteroatoms. The van der Waals surface area contributed by atoms with Gasteiger partial charge in [0, 0.05) is 43.0 Å². The predicted molar refractivity (Wildman–Crippen MR) is 93.9 cm³/mol. The molecule has 0 spiro atoms. The zero-order valence-electron chi connectivity index (χ0n) is 14.5. The van der Waals surface area contributed by atoms with Crippen LogP contribution >= 0.6 is 0 Å². The molecule has 24 heavy (non-hydrogen) atoms. The maximum atomic E-state index is 11.6. The molecule has 1 amide bonds. The van der Waals surface area contributed by atoms with Crippen LogP contribution in [0.2, 0.25) is 0 Å². The van der Waals surface area contributed by atoms with Gasteiger partial charge >= 0.3 is 5.63 Å². The second kappa shape index (κ2) is 6.77. The summed E-state index contributed by atoms with van der Waals surface area (Å²) in [5.41, 5.74) is 2.36. The van der Waals surface area contributed by atoms with Gasteiger partial charge in [-0.3, -0.25) is 9.69 Å². The van der Waals surface area contributed by atoms with Crippen LogP contribution in [0.15, 0.2) is 33.5 Å². The monoisotopic (exact) mass is 328 g/mol. The minimum Gasteiger partial charge on any atom is -0.423 e. The zero-order chi connectivity index (χ0) is 17.3. The fourth-order valence-electron chi connectivity index (χ4n) is 3.26. The van der Waals surface area contributed by atoms with E-state index in [2.05, 4.69) is 30.1 Å². The molecule has 1 aromatic carbocycles. The highest BCUT2D eigenvalue weighted by molar-refractivity contribution is 5.80. The zero-order valence-corrected chi connectivity index (χ0v) is 14.5. The molecule has 1 fully saturated rings. The summed E-state index contributed by atoms with van der Waals surface area (Å²) in [5, 5.41) is 4.00. The number of carbonyl (C=O) groups excluding carboxylic acids is 1. The van der Waals surface area contributed by atoms with Crippen molar-refractivity contribution in [1.29, 1.82) is 0 Å². The summed E-state index contributed by atoms with van der Waals surface area (Å²) in [4.78, 5) is 25.3. The van der Waals surface area contributed by atoms with Crippen molar-refractivity contribution in [3.8, 4) is 0 Å². The van der Waals surface area contributed by atoms with Crippen LogP contribution in [-0.2, 0) is 11.3 Å². The Bertz CT molecular complexity index is 810. The molecule has 0 aliphatic carbocycles. The number of carbonyl (C=O) groups is 1. The van der Waals surface area contributed by atoms with Gasteiger partial charge in [-0.15, -0.1) is 0 Å². The van der Waals surface area contributed by atoms with Gasteiger partial charge in [0.05, 0.1) is 0 Å². The smallest absolute Gasteiger partial charge is 0.336 e. The molecule has 1 aliphatic rings. The van der Waals surface area contributed by atoms with Gasteiger partial charge in [0.15, 0.2) is 0 Å². The Morgan fingerprint density at radius 3 is 2.75 bits per heavy atom. The minimum absolute atomic E-state index is 0.145. The number of nitrogens with one attached hydrogen (secondary N) is 1. The molecule has 1 aromatic heterocycles. The van der Waals surface area contributed by atoms with Gasteiger partial charge in [-0.1, -0.05) is 12.1 Å². The summed E-state index contributed by atoms with van der Waals surface area (Å²) in [5.74, 6) is 0.145. The number of hydrogen-bond acceptors (Lipinski definition) is 4. The van der Waals surface area contributed by atoms with Gasteiger partial charge in [-0.25, -0.2) is 4.79 Å². The van der Waals surface area contributed by atoms with Gasteiger partial charge in [-0.05, 0) is 44.4 Å². The van der Waals surface area contributed by atoms with E-state index in [9.17, 15) is 9.59 Å². The fraction of sp³-hybridized carbons (Fsp3) is 0.474. The van der Waals surface area contributed by atoms with Crippen LogP contribution in [0.4, 0.5) is 0 Å². The number of fused-ring (bicyclic) bond motifs is 1. The van der Waals surface area contributed by atoms with E-state index in [1.807, 2.05) is 19.1 Å². The number of aryl methyl sites for hydroxylation is 1. The summed E-state index contributed by atoms with van der Waals surface area (Å²) < 4.78 is 5.34.